The van der Waals surface area contributed by atoms with Crippen LogP contribution < -0.4 is 5.73 Å². The van der Waals surface area contributed by atoms with Crippen LogP contribution in [0.2, 0.25) is 0 Å². The van der Waals surface area contributed by atoms with Crippen molar-refractivity contribution in [3.05, 3.63) is 84.4 Å². The van der Waals surface area contributed by atoms with E-state index < -0.39 is 0 Å². The van der Waals surface area contributed by atoms with Crippen molar-refractivity contribution in [3.63, 3.8) is 0 Å². The fourth-order valence-electron chi connectivity index (χ4n) is 3.94. The quantitative estimate of drug-likeness (QED) is 0.323. The zero-order valence-electron chi connectivity index (χ0n) is 17.4. The van der Waals surface area contributed by atoms with Crippen molar-refractivity contribution in [1.82, 2.24) is 4.98 Å². The Labute approximate surface area is 176 Å². The van der Waals surface area contributed by atoms with Crippen LogP contribution >= 0.6 is 0 Å². The predicted molar refractivity (Wildman–Crippen MR) is 125 cm³/mol. The molecule has 3 heteroatoms. The van der Waals surface area contributed by atoms with Gasteiger partial charge >= 0.3 is 0 Å². The molecule has 0 unspecified atom stereocenters. The van der Waals surface area contributed by atoms with Crippen molar-refractivity contribution in [2.75, 3.05) is 5.73 Å². The number of para-hydroxylation sites is 1. The number of hydrogen-bond acceptors (Lipinski definition) is 3. The second-order valence-electron chi connectivity index (χ2n) is 8.75. The molecule has 0 spiro atoms. The molecule has 3 nitrogen and oxygen atoms in total. The van der Waals surface area contributed by atoms with Gasteiger partial charge < -0.3 is 10.2 Å². The highest BCUT2D eigenvalue weighted by Gasteiger charge is 2.21. The van der Waals surface area contributed by atoms with E-state index in [0.717, 1.165) is 27.8 Å². The van der Waals surface area contributed by atoms with Crippen molar-refractivity contribution in [2.24, 2.45) is 0 Å². The highest BCUT2D eigenvalue weighted by molar-refractivity contribution is 6.04. The van der Waals surface area contributed by atoms with Crippen LogP contribution in [0.25, 0.3) is 44.5 Å². The van der Waals surface area contributed by atoms with E-state index >= 15 is 0 Å². The summed E-state index contributed by atoms with van der Waals surface area (Å²) in [6, 6.07) is 26.9. The Morgan fingerprint density at radius 2 is 1.47 bits per heavy atom. The van der Waals surface area contributed by atoms with Crippen LogP contribution in [0.4, 0.5) is 5.69 Å². The van der Waals surface area contributed by atoms with Crippen LogP contribution in [0.1, 0.15) is 26.3 Å². The number of aromatic nitrogens is 1. The van der Waals surface area contributed by atoms with Crippen LogP contribution in [0, 0.1) is 0 Å². The number of hydrogen-bond donors (Lipinski definition) is 1. The summed E-state index contributed by atoms with van der Waals surface area (Å²) < 4.78 is 6.25. The molecular formula is C27H24N2O. The van der Waals surface area contributed by atoms with E-state index in [2.05, 4.69) is 75.4 Å². The van der Waals surface area contributed by atoms with Crippen LogP contribution in [0.5, 0.6) is 0 Å². The van der Waals surface area contributed by atoms with Gasteiger partial charge in [0.05, 0.1) is 5.56 Å². The molecule has 1 heterocycles. The van der Waals surface area contributed by atoms with Gasteiger partial charge in [-0.05, 0) is 51.6 Å². The van der Waals surface area contributed by atoms with Crippen molar-refractivity contribution < 1.29 is 4.42 Å². The second kappa shape index (κ2) is 6.74. The highest BCUT2D eigenvalue weighted by Crippen LogP contribution is 2.39. The molecule has 5 rings (SSSR count). The number of fused-ring (bicyclic) bond motifs is 2. The monoisotopic (exact) mass is 392 g/mol. The number of benzene rings is 4. The number of nitrogens with two attached hydrogens (primary N) is 1. The number of nitrogen functional groups attached to an aromatic ring is 1. The minimum absolute atomic E-state index is 0.0216. The van der Waals surface area contributed by atoms with Gasteiger partial charge in [-0.25, -0.2) is 4.98 Å². The van der Waals surface area contributed by atoms with Crippen LogP contribution in [0.3, 0.4) is 0 Å². The molecule has 0 aliphatic carbocycles. The zero-order valence-corrected chi connectivity index (χ0v) is 17.4. The van der Waals surface area contributed by atoms with Crippen molar-refractivity contribution in [2.45, 2.75) is 26.2 Å². The lowest BCUT2D eigenvalue weighted by Gasteiger charge is -2.20. The second-order valence-corrected chi connectivity index (χ2v) is 8.75. The summed E-state index contributed by atoms with van der Waals surface area (Å²) in [6.45, 7) is 6.65. The minimum atomic E-state index is -0.0216. The molecule has 1 aromatic heterocycles. The number of nitrogens with zero attached hydrogens (tertiary/aromatic N) is 1. The first-order valence-corrected chi connectivity index (χ1v) is 10.2. The Hall–Kier alpha value is -3.59. The molecular weight excluding hydrogens is 368 g/mol. The molecule has 0 saturated heterocycles. The minimum Gasteiger partial charge on any atom is -0.436 e. The number of anilines is 1. The SMILES string of the molecule is CC(C)(C)c1cc(-c2cccc3ccccc23)c2nc(-c3ccccc3N)oc2c1. The summed E-state index contributed by atoms with van der Waals surface area (Å²) in [5.41, 5.74) is 12.7. The maximum absolute atomic E-state index is 6.25. The van der Waals surface area contributed by atoms with Crippen molar-refractivity contribution in [3.8, 4) is 22.6 Å². The fraction of sp³-hybridized carbons (Fsp3) is 0.148. The first-order valence-electron chi connectivity index (χ1n) is 10.2. The Balaban J connectivity index is 1.85. The molecule has 5 aromatic rings. The molecule has 30 heavy (non-hydrogen) atoms. The predicted octanol–water partition coefficient (Wildman–Crippen LogP) is 7.19. The molecule has 0 bridgehead atoms. The van der Waals surface area contributed by atoms with E-state index in [9.17, 15) is 0 Å². The molecule has 4 aromatic carbocycles. The Kier molecular flexibility index (Phi) is 4.14. The molecule has 0 fully saturated rings. The van der Waals surface area contributed by atoms with E-state index in [-0.39, 0.29) is 5.41 Å². The lowest BCUT2D eigenvalue weighted by molar-refractivity contribution is 0.584. The summed E-state index contributed by atoms with van der Waals surface area (Å²) >= 11 is 0. The summed E-state index contributed by atoms with van der Waals surface area (Å²) in [5, 5.41) is 2.41. The Bertz CT molecular complexity index is 1380. The normalized spacial score (nSPS) is 12.0. The van der Waals surface area contributed by atoms with Gasteiger partial charge in [-0.15, -0.1) is 0 Å². The number of oxazole rings is 1. The fourth-order valence-corrected chi connectivity index (χ4v) is 3.94. The largest absolute Gasteiger partial charge is 0.436 e. The van der Waals surface area contributed by atoms with Crippen LogP contribution in [-0.2, 0) is 5.41 Å². The molecule has 0 aliphatic rings. The zero-order chi connectivity index (χ0) is 20.9. The molecule has 0 atom stereocenters. The third kappa shape index (κ3) is 3.03. The van der Waals surface area contributed by atoms with Gasteiger partial charge in [0.1, 0.15) is 5.52 Å². The molecule has 148 valence electrons. The Morgan fingerprint density at radius 3 is 2.27 bits per heavy atom. The maximum atomic E-state index is 6.25. The van der Waals surface area contributed by atoms with Crippen molar-refractivity contribution >= 4 is 27.6 Å². The van der Waals surface area contributed by atoms with Gasteiger partial charge in [0.15, 0.2) is 5.58 Å². The van der Waals surface area contributed by atoms with Crippen molar-refractivity contribution in [1.29, 1.82) is 0 Å². The summed E-state index contributed by atoms with van der Waals surface area (Å²) in [4.78, 5) is 4.90. The smallest absolute Gasteiger partial charge is 0.229 e. The van der Waals surface area contributed by atoms with Gasteiger partial charge in [0.25, 0.3) is 0 Å². The lowest BCUT2D eigenvalue weighted by Crippen LogP contribution is -2.11. The van der Waals surface area contributed by atoms with E-state index in [1.54, 1.807) is 0 Å². The molecule has 0 radical (unpaired) electrons. The standard InChI is InChI=1S/C27H24N2O/c1-27(2,3)18-15-22(20-13-8-10-17-9-4-5-11-19(17)20)25-24(16-18)30-26(29-25)21-12-6-7-14-23(21)28/h4-16H,28H2,1-3H3. The summed E-state index contributed by atoms with van der Waals surface area (Å²) in [5.74, 6) is 0.552. The molecule has 2 N–H and O–H groups in total. The van der Waals surface area contributed by atoms with Crippen LogP contribution in [-0.4, -0.2) is 4.98 Å². The third-order valence-corrected chi connectivity index (χ3v) is 5.63. The van der Waals surface area contributed by atoms with Gasteiger partial charge in [0.2, 0.25) is 5.89 Å². The van der Waals surface area contributed by atoms with Gasteiger partial charge in [-0.1, -0.05) is 75.4 Å². The van der Waals surface area contributed by atoms with E-state index in [0.29, 0.717) is 11.6 Å². The van der Waals surface area contributed by atoms with Crippen LogP contribution in [0.15, 0.2) is 83.3 Å². The first kappa shape index (κ1) is 18.4. The van der Waals surface area contributed by atoms with Gasteiger partial charge in [0, 0.05) is 11.3 Å². The average molecular weight is 393 g/mol. The highest BCUT2D eigenvalue weighted by atomic mass is 16.3. The lowest BCUT2D eigenvalue weighted by atomic mass is 9.84. The van der Waals surface area contributed by atoms with Gasteiger partial charge in [-0.2, -0.15) is 0 Å². The third-order valence-electron chi connectivity index (χ3n) is 5.63. The summed E-state index contributed by atoms with van der Waals surface area (Å²) in [6.07, 6.45) is 0. The maximum Gasteiger partial charge on any atom is 0.229 e. The van der Waals surface area contributed by atoms with E-state index in [4.69, 9.17) is 15.1 Å². The van der Waals surface area contributed by atoms with Gasteiger partial charge in [-0.3, -0.25) is 0 Å². The first-order chi connectivity index (χ1) is 14.4. The number of rotatable bonds is 2. The van der Waals surface area contributed by atoms with E-state index in [1.165, 1.54) is 16.3 Å². The summed E-state index contributed by atoms with van der Waals surface area (Å²) in [7, 11) is 0. The van der Waals surface area contributed by atoms with E-state index in [1.807, 2.05) is 24.3 Å². The topological polar surface area (TPSA) is 52.0 Å². The molecule has 0 saturated carbocycles. The molecule has 0 aliphatic heterocycles. The molecule has 0 amide bonds. The Morgan fingerprint density at radius 1 is 0.767 bits per heavy atom. The average Bonchev–Trinajstić information content (AvgIpc) is 3.16.